The lowest BCUT2D eigenvalue weighted by atomic mass is 10.2. The van der Waals surface area contributed by atoms with Crippen molar-refractivity contribution in [3.05, 3.63) is 76.2 Å². The van der Waals surface area contributed by atoms with Crippen molar-refractivity contribution in [1.29, 1.82) is 0 Å². The van der Waals surface area contributed by atoms with E-state index in [9.17, 15) is 13.2 Å². The van der Waals surface area contributed by atoms with Crippen LogP contribution in [0.25, 0.3) is 0 Å². The molecular weight excluding hydrogens is 439 g/mol. The largest absolute Gasteiger partial charge is 0.495 e. The van der Waals surface area contributed by atoms with Crippen LogP contribution in [0.4, 0.5) is 5.69 Å². The molecule has 29 heavy (non-hydrogen) atoms. The van der Waals surface area contributed by atoms with Crippen molar-refractivity contribution in [2.45, 2.75) is 11.4 Å². The molecule has 2 aromatic carbocycles. The van der Waals surface area contributed by atoms with Gasteiger partial charge in [0.25, 0.3) is 5.91 Å². The van der Waals surface area contributed by atoms with Crippen molar-refractivity contribution in [3.63, 3.8) is 0 Å². The van der Waals surface area contributed by atoms with Crippen LogP contribution in [0.15, 0.2) is 64.1 Å². The maximum absolute atomic E-state index is 12.6. The van der Waals surface area contributed by atoms with Gasteiger partial charge in [0.1, 0.15) is 16.4 Å². The molecule has 0 aliphatic carbocycles. The number of sulfonamides is 1. The SMILES string of the molecule is COc1ccc(NC(=O)c2ccc(Cl)c(S(=O)(=O)NCc3ccco3)c2)cc1Cl. The van der Waals surface area contributed by atoms with Crippen molar-refractivity contribution in [2.24, 2.45) is 0 Å². The zero-order valence-corrected chi connectivity index (χ0v) is 17.4. The van der Waals surface area contributed by atoms with Crippen LogP contribution in [-0.4, -0.2) is 21.4 Å². The topological polar surface area (TPSA) is 97.6 Å². The molecule has 0 saturated carbocycles. The standard InChI is InChI=1S/C19H16Cl2N2O5S/c1-27-17-7-5-13(10-16(17)21)23-19(24)12-4-6-15(20)18(9-12)29(25,26)22-11-14-3-2-8-28-14/h2-10,22H,11H2,1H3,(H,23,24). The molecule has 0 unspecified atom stereocenters. The minimum Gasteiger partial charge on any atom is -0.495 e. The van der Waals surface area contributed by atoms with E-state index in [4.69, 9.17) is 32.4 Å². The second-order valence-corrected chi connectivity index (χ2v) is 8.40. The van der Waals surface area contributed by atoms with Crippen LogP contribution >= 0.6 is 23.2 Å². The molecule has 3 aromatic rings. The average Bonchev–Trinajstić information content (AvgIpc) is 3.20. The minimum atomic E-state index is -3.97. The Bertz CT molecular complexity index is 1130. The van der Waals surface area contributed by atoms with E-state index in [-0.39, 0.29) is 22.0 Å². The molecule has 152 valence electrons. The molecule has 0 fully saturated rings. The quantitative estimate of drug-likeness (QED) is 0.553. The highest BCUT2D eigenvalue weighted by Crippen LogP contribution is 2.28. The number of rotatable bonds is 7. The predicted octanol–water partition coefficient (Wildman–Crippen LogP) is 4.33. The first-order valence-corrected chi connectivity index (χ1v) is 10.5. The fraction of sp³-hybridized carbons (Fsp3) is 0.105. The molecule has 1 amide bonds. The molecule has 1 aromatic heterocycles. The Morgan fingerprint density at radius 3 is 2.55 bits per heavy atom. The molecule has 3 rings (SSSR count). The molecule has 10 heteroatoms. The van der Waals surface area contributed by atoms with Crippen LogP contribution in [0.1, 0.15) is 16.1 Å². The van der Waals surface area contributed by atoms with Crippen LogP contribution < -0.4 is 14.8 Å². The molecule has 1 heterocycles. The molecule has 0 spiro atoms. The van der Waals surface area contributed by atoms with Crippen molar-refractivity contribution in [2.75, 3.05) is 12.4 Å². The fourth-order valence-electron chi connectivity index (χ4n) is 2.45. The fourth-order valence-corrected chi connectivity index (χ4v) is 4.23. The summed E-state index contributed by atoms with van der Waals surface area (Å²) in [6.07, 6.45) is 1.44. The summed E-state index contributed by atoms with van der Waals surface area (Å²) in [5, 5.41) is 2.96. The van der Waals surface area contributed by atoms with E-state index in [1.54, 1.807) is 24.3 Å². The van der Waals surface area contributed by atoms with Gasteiger partial charge in [0.05, 0.1) is 30.0 Å². The number of benzene rings is 2. The van der Waals surface area contributed by atoms with Crippen LogP contribution in [0.2, 0.25) is 10.0 Å². The number of carbonyl (C=O) groups excluding carboxylic acids is 1. The maximum Gasteiger partial charge on any atom is 0.255 e. The normalized spacial score (nSPS) is 11.3. The number of hydrogen-bond donors (Lipinski definition) is 2. The first-order valence-electron chi connectivity index (χ1n) is 8.26. The monoisotopic (exact) mass is 454 g/mol. The van der Waals surface area contributed by atoms with Crippen molar-refractivity contribution >= 4 is 44.8 Å². The number of anilines is 1. The van der Waals surface area contributed by atoms with Gasteiger partial charge in [-0.1, -0.05) is 23.2 Å². The minimum absolute atomic E-state index is 0.0130. The summed E-state index contributed by atoms with van der Waals surface area (Å²) < 4.78 is 37.7. The number of nitrogens with one attached hydrogen (secondary N) is 2. The van der Waals surface area contributed by atoms with Crippen molar-refractivity contribution < 1.29 is 22.4 Å². The van der Waals surface area contributed by atoms with Gasteiger partial charge in [0.2, 0.25) is 10.0 Å². The number of amides is 1. The van der Waals surface area contributed by atoms with Crippen LogP contribution in [0, 0.1) is 0 Å². The Labute approximate surface area is 177 Å². The smallest absolute Gasteiger partial charge is 0.255 e. The van der Waals surface area contributed by atoms with E-state index in [1.165, 1.54) is 37.6 Å². The summed E-state index contributed by atoms with van der Waals surface area (Å²) in [6.45, 7) is -0.0492. The van der Waals surface area contributed by atoms with Gasteiger partial charge in [-0.2, -0.15) is 0 Å². The number of methoxy groups -OCH3 is 1. The maximum atomic E-state index is 12.6. The van der Waals surface area contributed by atoms with Crippen molar-refractivity contribution in [1.82, 2.24) is 4.72 Å². The Morgan fingerprint density at radius 2 is 1.90 bits per heavy atom. The summed E-state index contributed by atoms with van der Waals surface area (Å²) >= 11 is 12.1. The molecule has 0 atom stereocenters. The first kappa shape index (κ1) is 21.2. The second kappa shape index (κ2) is 8.87. The first-order chi connectivity index (χ1) is 13.8. The van der Waals surface area contributed by atoms with Crippen molar-refractivity contribution in [3.8, 4) is 5.75 Å². The van der Waals surface area contributed by atoms with Crippen LogP contribution in [-0.2, 0) is 16.6 Å². The zero-order valence-electron chi connectivity index (χ0n) is 15.1. The van der Waals surface area contributed by atoms with E-state index < -0.39 is 15.9 Å². The van der Waals surface area contributed by atoms with E-state index in [1.807, 2.05) is 0 Å². The predicted molar refractivity (Wildman–Crippen MR) is 110 cm³/mol. The van der Waals surface area contributed by atoms with Gasteiger partial charge >= 0.3 is 0 Å². The molecule has 0 saturated heterocycles. The van der Waals surface area contributed by atoms with Gasteiger partial charge in [-0.05, 0) is 48.5 Å². The molecule has 0 aliphatic rings. The number of carbonyl (C=O) groups is 1. The highest BCUT2D eigenvalue weighted by atomic mass is 35.5. The summed E-state index contributed by atoms with van der Waals surface area (Å²) in [6, 6.07) is 12.0. The van der Waals surface area contributed by atoms with E-state index >= 15 is 0 Å². The lowest BCUT2D eigenvalue weighted by Gasteiger charge is -2.11. The zero-order chi connectivity index (χ0) is 21.0. The Kier molecular flexibility index (Phi) is 6.49. The molecule has 2 N–H and O–H groups in total. The Morgan fingerprint density at radius 1 is 1.10 bits per heavy atom. The lowest BCUT2D eigenvalue weighted by molar-refractivity contribution is 0.102. The van der Waals surface area contributed by atoms with Crippen LogP contribution in [0.3, 0.4) is 0 Å². The highest BCUT2D eigenvalue weighted by molar-refractivity contribution is 7.89. The van der Waals surface area contributed by atoms with E-state index in [2.05, 4.69) is 10.0 Å². The van der Waals surface area contributed by atoms with Gasteiger partial charge in [0.15, 0.2) is 0 Å². The van der Waals surface area contributed by atoms with Gasteiger partial charge in [0, 0.05) is 11.3 Å². The Hall–Kier alpha value is -2.52. The molecule has 0 aliphatic heterocycles. The summed E-state index contributed by atoms with van der Waals surface area (Å²) in [4.78, 5) is 12.3. The highest BCUT2D eigenvalue weighted by Gasteiger charge is 2.20. The van der Waals surface area contributed by atoms with Gasteiger partial charge in [-0.3, -0.25) is 4.79 Å². The molecule has 0 bridgehead atoms. The van der Waals surface area contributed by atoms with E-state index in [0.717, 1.165) is 0 Å². The van der Waals surface area contributed by atoms with Crippen LogP contribution in [0.5, 0.6) is 5.75 Å². The third-order valence-electron chi connectivity index (χ3n) is 3.91. The summed E-state index contributed by atoms with van der Waals surface area (Å²) in [5.74, 6) is 0.382. The van der Waals surface area contributed by atoms with Gasteiger partial charge in [-0.25, -0.2) is 13.1 Å². The van der Waals surface area contributed by atoms with Gasteiger partial charge < -0.3 is 14.5 Å². The Balaban J connectivity index is 1.80. The lowest BCUT2D eigenvalue weighted by Crippen LogP contribution is -2.24. The average molecular weight is 455 g/mol. The number of furan rings is 1. The van der Waals surface area contributed by atoms with E-state index in [0.29, 0.717) is 22.2 Å². The summed E-state index contributed by atoms with van der Waals surface area (Å²) in [7, 11) is -2.49. The molecule has 0 radical (unpaired) electrons. The number of ether oxygens (including phenoxy) is 1. The third-order valence-corrected chi connectivity index (χ3v) is 6.09. The molecule has 7 nitrogen and oxygen atoms in total. The number of hydrogen-bond acceptors (Lipinski definition) is 5. The van der Waals surface area contributed by atoms with Gasteiger partial charge in [-0.15, -0.1) is 0 Å². The summed E-state index contributed by atoms with van der Waals surface area (Å²) in [5.41, 5.74) is 0.538. The number of halogens is 2. The third kappa shape index (κ3) is 5.10. The molecular formula is C19H16Cl2N2O5S. The second-order valence-electron chi connectivity index (χ2n) is 5.85.